The van der Waals surface area contributed by atoms with Gasteiger partial charge in [0.2, 0.25) is 10.0 Å². The molecule has 0 amide bonds. The average molecular weight is 381 g/mol. The molecule has 0 saturated heterocycles. The first-order valence-corrected chi connectivity index (χ1v) is 10.0. The molecule has 0 bridgehead atoms. The maximum atomic E-state index is 13.1. The Morgan fingerprint density at radius 1 is 1.12 bits per heavy atom. The normalized spacial score (nSPS) is 12.0. The second kappa shape index (κ2) is 7.11. The van der Waals surface area contributed by atoms with Gasteiger partial charge < -0.3 is 4.57 Å². The first kappa shape index (κ1) is 17.2. The number of halogens is 1. The molecular weight excluding hydrogens is 364 g/mol. The van der Waals surface area contributed by atoms with Crippen LogP contribution in [0.15, 0.2) is 65.0 Å². The van der Waals surface area contributed by atoms with Crippen LogP contribution in [-0.4, -0.2) is 17.3 Å². The van der Waals surface area contributed by atoms with Crippen LogP contribution in [0.2, 0.25) is 5.02 Å². The van der Waals surface area contributed by atoms with Crippen molar-refractivity contribution in [3.63, 3.8) is 0 Å². The van der Waals surface area contributed by atoms with E-state index >= 15 is 0 Å². The Kier molecular flexibility index (Phi) is 5.10. The van der Waals surface area contributed by atoms with E-state index in [2.05, 4.69) is 0 Å². The molecule has 0 fully saturated rings. The van der Waals surface area contributed by atoms with Gasteiger partial charge in [0.15, 0.2) is 0 Å². The van der Waals surface area contributed by atoms with Gasteiger partial charge >= 0.3 is 0 Å². The van der Waals surface area contributed by atoms with Crippen LogP contribution in [0.3, 0.4) is 0 Å². The van der Waals surface area contributed by atoms with E-state index in [9.17, 15) is 8.42 Å². The van der Waals surface area contributed by atoms with Gasteiger partial charge in [-0.15, -0.1) is 11.3 Å². The molecule has 24 heavy (non-hydrogen) atoms. The highest BCUT2D eigenvalue weighted by Crippen LogP contribution is 2.24. The Labute approximate surface area is 151 Å². The van der Waals surface area contributed by atoms with E-state index in [4.69, 9.17) is 11.6 Å². The third-order valence-electron chi connectivity index (χ3n) is 3.74. The van der Waals surface area contributed by atoms with E-state index in [0.717, 1.165) is 10.6 Å². The highest BCUT2D eigenvalue weighted by molar-refractivity contribution is 7.89. The number of aryl methyl sites for hydroxylation is 1. The lowest BCUT2D eigenvalue weighted by Gasteiger charge is -2.22. The lowest BCUT2D eigenvalue weighted by Crippen LogP contribution is -2.30. The SMILES string of the molecule is Cn1cccc1CN(Cc1cccs1)S(=O)(=O)c1cccc(Cl)c1. The Morgan fingerprint density at radius 3 is 2.58 bits per heavy atom. The lowest BCUT2D eigenvalue weighted by atomic mass is 10.4. The molecule has 0 aliphatic rings. The van der Waals surface area contributed by atoms with Gasteiger partial charge in [0.25, 0.3) is 0 Å². The molecule has 126 valence electrons. The summed E-state index contributed by atoms with van der Waals surface area (Å²) in [4.78, 5) is 1.20. The molecule has 0 saturated carbocycles. The number of nitrogens with zero attached hydrogens (tertiary/aromatic N) is 2. The highest BCUT2D eigenvalue weighted by atomic mass is 35.5. The summed E-state index contributed by atoms with van der Waals surface area (Å²) in [7, 11) is -1.74. The van der Waals surface area contributed by atoms with Gasteiger partial charge in [-0.05, 0) is 41.8 Å². The van der Waals surface area contributed by atoms with Gasteiger partial charge in [-0.1, -0.05) is 23.7 Å². The number of rotatable bonds is 6. The maximum Gasteiger partial charge on any atom is 0.243 e. The third kappa shape index (κ3) is 3.72. The topological polar surface area (TPSA) is 42.3 Å². The van der Waals surface area contributed by atoms with E-state index in [0.29, 0.717) is 18.1 Å². The minimum absolute atomic E-state index is 0.209. The summed E-state index contributed by atoms with van der Waals surface area (Å²) in [6, 6.07) is 14.1. The van der Waals surface area contributed by atoms with Gasteiger partial charge in [0.05, 0.1) is 11.4 Å². The second-order valence-electron chi connectivity index (χ2n) is 5.42. The molecule has 0 aliphatic carbocycles. The largest absolute Gasteiger partial charge is 0.353 e. The first-order chi connectivity index (χ1) is 11.5. The zero-order chi connectivity index (χ0) is 17.2. The Bertz CT molecular complexity index is 918. The van der Waals surface area contributed by atoms with Crippen molar-refractivity contribution in [3.8, 4) is 0 Å². The molecule has 0 radical (unpaired) electrons. The minimum Gasteiger partial charge on any atom is -0.353 e. The molecule has 0 aliphatic heterocycles. The third-order valence-corrected chi connectivity index (χ3v) is 6.62. The van der Waals surface area contributed by atoms with Crippen molar-refractivity contribution in [2.24, 2.45) is 7.05 Å². The number of hydrogen-bond donors (Lipinski definition) is 0. The predicted octanol–water partition coefficient (Wildman–Crippen LogP) is 4.13. The van der Waals surface area contributed by atoms with Gasteiger partial charge in [-0.2, -0.15) is 4.31 Å². The number of thiophene rings is 1. The number of sulfonamides is 1. The van der Waals surface area contributed by atoms with Crippen molar-refractivity contribution in [2.45, 2.75) is 18.0 Å². The highest BCUT2D eigenvalue weighted by Gasteiger charge is 2.26. The van der Waals surface area contributed by atoms with E-state index < -0.39 is 10.0 Å². The molecule has 0 spiro atoms. The van der Waals surface area contributed by atoms with Crippen LogP contribution in [0.1, 0.15) is 10.6 Å². The summed E-state index contributed by atoms with van der Waals surface area (Å²) in [6.45, 7) is 0.633. The van der Waals surface area contributed by atoms with Crippen molar-refractivity contribution in [3.05, 3.63) is 75.7 Å². The summed E-state index contributed by atoms with van der Waals surface area (Å²) in [6.07, 6.45) is 1.91. The maximum absolute atomic E-state index is 13.1. The van der Waals surface area contributed by atoms with Crippen molar-refractivity contribution in [1.29, 1.82) is 0 Å². The average Bonchev–Trinajstić information content (AvgIpc) is 3.19. The summed E-state index contributed by atoms with van der Waals surface area (Å²) in [5.74, 6) is 0. The second-order valence-corrected chi connectivity index (χ2v) is 8.83. The van der Waals surface area contributed by atoms with Gasteiger partial charge in [-0.3, -0.25) is 0 Å². The zero-order valence-electron chi connectivity index (χ0n) is 13.1. The summed E-state index contributed by atoms with van der Waals surface area (Å²) in [5, 5.41) is 2.35. The molecule has 0 N–H and O–H groups in total. The quantitative estimate of drug-likeness (QED) is 0.645. The van der Waals surface area contributed by atoms with E-state index in [1.807, 2.05) is 47.5 Å². The molecular formula is C17H17ClN2O2S2. The number of hydrogen-bond acceptors (Lipinski definition) is 3. The molecule has 0 atom stereocenters. The van der Waals surface area contributed by atoms with Crippen LogP contribution in [0.25, 0.3) is 0 Å². The van der Waals surface area contributed by atoms with Crippen LogP contribution in [-0.2, 0) is 30.2 Å². The van der Waals surface area contributed by atoms with Crippen molar-refractivity contribution in [2.75, 3.05) is 0 Å². The van der Waals surface area contributed by atoms with Crippen LogP contribution in [0.4, 0.5) is 0 Å². The van der Waals surface area contributed by atoms with Crippen LogP contribution < -0.4 is 0 Å². The Balaban J connectivity index is 1.98. The van der Waals surface area contributed by atoms with Gasteiger partial charge in [-0.25, -0.2) is 8.42 Å². The van der Waals surface area contributed by atoms with Crippen LogP contribution in [0.5, 0.6) is 0 Å². The fraction of sp³-hybridized carbons (Fsp3) is 0.176. The first-order valence-electron chi connectivity index (χ1n) is 7.35. The predicted molar refractivity (Wildman–Crippen MR) is 97.6 cm³/mol. The van der Waals surface area contributed by atoms with E-state index in [-0.39, 0.29) is 4.90 Å². The van der Waals surface area contributed by atoms with Crippen molar-refractivity contribution >= 4 is 33.0 Å². The summed E-state index contributed by atoms with van der Waals surface area (Å²) >= 11 is 7.52. The van der Waals surface area contributed by atoms with Gasteiger partial charge in [0, 0.05) is 35.4 Å². The lowest BCUT2D eigenvalue weighted by molar-refractivity contribution is 0.395. The molecule has 2 aromatic heterocycles. The molecule has 3 rings (SSSR count). The fourth-order valence-corrected chi connectivity index (χ4v) is 4.91. The molecule has 1 aromatic carbocycles. The summed E-state index contributed by atoms with van der Waals surface area (Å²) in [5.41, 5.74) is 0.928. The monoisotopic (exact) mass is 380 g/mol. The van der Waals surface area contributed by atoms with E-state index in [1.54, 1.807) is 29.5 Å². The molecule has 3 aromatic rings. The summed E-state index contributed by atoms with van der Waals surface area (Å²) < 4.78 is 29.6. The Morgan fingerprint density at radius 2 is 1.96 bits per heavy atom. The zero-order valence-corrected chi connectivity index (χ0v) is 15.5. The fourth-order valence-electron chi connectivity index (χ4n) is 2.42. The molecule has 7 heteroatoms. The van der Waals surface area contributed by atoms with Gasteiger partial charge in [0.1, 0.15) is 0 Å². The molecule has 2 heterocycles. The Hall–Kier alpha value is -1.60. The van der Waals surface area contributed by atoms with Crippen LogP contribution >= 0.6 is 22.9 Å². The minimum atomic E-state index is -3.65. The van der Waals surface area contributed by atoms with Crippen LogP contribution in [0, 0.1) is 0 Å². The smallest absolute Gasteiger partial charge is 0.243 e. The van der Waals surface area contributed by atoms with Crippen molar-refractivity contribution in [1.82, 2.24) is 8.87 Å². The number of aromatic nitrogens is 1. The molecule has 0 unspecified atom stereocenters. The standard InChI is InChI=1S/C17H17ClN2O2S2/c1-19-9-3-6-15(19)12-20(13-16-7-4-10-23-16)24(21,22)17-8-2-5-14(18)11-17/h2-11H,12-13H2,1H3. The van der Waals surface area contributed by atoms with Crippen molar-refractivity contribution < 1.29 is 8.42 Å². The molecule has 4 nitrogen and oxygen atoms in total. The number of benzene rings is 1. The van der Waals surface area contributed by atoms with E-state index in [1.165, 1.54) is 10.4 Å².